The molecule has 4 rings (SSSR count). The predicted octanol–water partition coefficient (Wildman–Crippen LogP) is 4.78. The first-order chi connectivity index (χ1) is 11.1. The molecule has 1 heterocycles. The second kappa shape index (κ2) is 5.43. The molecule has 2 N–H and O–H groups in total. The molecule has 0 spiro atoms. The van der Waals surface area contributed by atoms with Gasteiger partial charge in [-0.1, -0.05) is 29.8 Å². The lowest BCUT2D eigenvalue weighted by Gasteiger charge is -2.16. The number of nitrogens with two attached hydrogens (primary N) is 1. The summed E-state index contributed by atoms with van der Waals surface area (Å²) >= 11 is 5.98. The van der Waals surface area contributed by atoms with Crippen LogP contribution in [0.3, 0.4) is 0 Å². The van der Waals surface area contributed by atoms with Gasteiger partial charge in [-0.2, -0.15) is 0 Å². The van der Waals surface area contributed by atoms with Crippen LogP contribution in [0.5, 0.6) is 0 Å². The maximum atomic E-state index is 12.7. The van der Waals surface area contributed by atoms with Gasteiger partial charge in [-0.25, -0.2) is 0 Å². The first-order valence-corrected chi connectivity index (χ1v) is 8.16. The van der Waals surface area contributed by atoms with Crippen molar-refractivity contribution in [1.29, 1.82) is 0 Å². The zero-order valence-electron chi connectivity index (χ0n) is 12.6. The average molecular weight is 326 g/mol. The Morgan fingerprint density at radius 1 is 1.13 bits per heavy atom. The third kappa shape index (κ3) is 2.32. The minimum atomic E-state index is -0.231. The van der Waals surface area contributed by atoms with E-state index in [1.807, 2.05) is 6.07 Å². The number of carbonyl (C=O) groups is 1. The van der Waals surface area contributed by atoms with E-state index in [0.717, 1.165) is 24.6 Å². The number of hydrogen-bond acceptors (Lipinski definition) is 3. The maximum absolute atomic E-state index is 12.7. The lowest BCUT2D eigenvalue weighted by Crippen LogP contribution is -2.05. The zero-order chi connectivity index (χ0) is 16.0. The van der Waals surface area contributed by atoms with Crippen LogP contribution in [0.1, 0.15) is 40.1 Å². The topological polar surface area (TPSA) is 56.2 Å². The average Bonchev–Trinajstić information content (AvgIpc) is 2.91. The first-order valence-electron chi connectivity index (χ1n) is 7.78. The Labute approximate surface area is 139 Å². The third-order valence-electron chi connectivity index (χ3n) is 4.51. The molecule has 0 saturated carbocycles. The Bertz CT molecular complexity index is 927. The lowest BCUT2D eigenvalue weighted by molar-refractivity contribution is 0.101. The monoisotopic (exact) mass is 325 g/mol. The van der Waals surface area contributed by atoms with E-state index in [-0.39, 0.29) is 11.5 Å². The van der Waals surface area contributed by atoms with Gasteiger partial charge in [0.2, 0.25) is 5.78 Å². The summed E-state index contributed by atoms with van der Waals surface area (Å²) in [6.45, 7) is 0. The molecular formula is C19H16ClNO2. The van der Waals surface area contributed by atoms with Crippen molar-refractivity contribution in [1.82, 2.24) is 0 Å². The second-order valence-corrected chi connectivity index (χ2v) is 6.40. The number of hydrogen-bond donors (Lipinski definition) is 1. The van der Waals surface area contributed by atoms with Gasteiger partial charge >= 0.3 is 0 Å². The molecule has 4 heteroatoms. The lowest BCUT2D eigenvalue weighted by atomic mass is 9.89. The van der Waals surface area contributed by atoms with Crippen LogP contribution in [-0.4, -0.2) is 5.78 Å². The summed E-state index contributed by atoms with van der Waals surface area (Å²) in [5, 5.41) is 1.43. The van der Waals surface area contributed by atoms with Crippen molar-refractivity contribution in [2.45, 2.75) is 25.7 Å². The molecule has 0 bridgehead atoms. The summed E-state index contributed by atoms with van der Waals surface area (Å²) in [7, 11) is 0. The van der Waals surface area contributed by atoms with Crippen LogP contribution in [0.2, 0.25) is 5.02 Å². The molecule has 0 amide bonds. The van der Waals surface area contributed by atoms with Gasteiger partial charge in [-0.3, -0.25) is 4.79 Å². The minimum Gasteiger partial charge on any atom is -0.450 e. The number of rotatable bonds is 2. The number of ketones is 1. The Balaban J connectivity index is 1.88. The normalized spacial score (nSPS) is 14.0. The molecule has 0 atom stereocenters. The van der Waals surface area contributed by atoms with Crippen molar-refractivity contribution < 1.29 is 9.21 Å². The molecule has 1 aliphatic carbocycles. The summed E-state index contributed by atoms with van der Waals surface area (Å²) < 4.78 is 5.80. The molecule has 1 aromatic heterocycles. The van der Waals surface area contributed by atoms with E-state index in [0.29, 0.717) is 21.9 Å². The van der Waals surface area contributed by atoms with Crippen LogP contribution < -0.4 is 5.73 Å². The largest absolute Gasteiger partial charge is 0.450 e. The molecule has 2 aromatic carbocycles. The van der Waals surface area contributed by atoms with E-state index in [1.165, 1.54) is 17.5 Å². The highest BCUT2D eigenvalue weighted by Gasteiger charge is 2.24. The fourth-order valence-electron chi connectivity index (χ4n) is 3.39. The Morgan fingerprint density at radius 3 is 2.78 bits per heavy atom. The van der Waals surface area contributed by atoms with Crippen LogP contribution in [0.4, 0.5) is 5.69 Å². The van der Waals surface area contributed by atoms with Gasteiger partial charge in [0.05, 0.1) is 5.69 Å². The molecule has 3 aromatic rings. The van der Waals surface area contributed by atoms with Gasteiger partial charge in [-0.05, 0) is 55.0 Å². The fraction of sp³-hybridized carbons (Fsp3) is 0.211. The highest BCUT2D eigenvalue weighted by Crippen LogP contribution is 2.37. The van der Waals surface area contributed by atoms with Crippen LogP contribution >= 0.6 is 11.6 Å². The van der Waals surface area contributed by atoms with Crippen LogP contribution in [0.25, 0.3) is 11.0 Å². The van der Waals surface area contributed by atoms with Gasteiger partial charge in [0.1, 0.15) is 5.58 Å². The van der Waals surface area contributed by atoms with Crippen LogP contribution in [0.15, 0.2) is 40.8 Å². The molecular weight excluding hydrogens is 310 g/mol. The van der Waals surface area contributed by atoms with Gasteiger partial charge in [0, 0.05) is 16.0 Å². The van der Waals surface area contributed by atoms with Crippen molar-refractivity contribution in [3.8, 4) is 0 Å². The Kier molecular flexibility index (Phi) is 3.38. The summed E-state index contributed by atoms with van der Waals surface area (Å²) in [5.41, 5.74) is 10.5. The van der Waals surface area contributed by atoms with Crippen LogP contribution in [0, 0.1) is 0 Å². The van der Waals surface area contributed by atoms with E-state index < -0.39 is 0 Å². The molecule has 0 unspecified atom stereocenters. The van der Waals surface area contributed by atoms with Gasteiger partial charge in [0.15, 0.2) is 5.76 Å². The van der Waals surface area contributed by atoms with Crippen molar-refractivity contribution in [2.24, 2.45) is 0 Å². The SMILES string of the molecule is Nc1c(C(=O)c2cccc(Cl)c2)oc2ccc3c(c12)CCCC3. The number of nitrogen functional groups attached to an aromatic ring is 1. The smallest absolute Gasteiger partial charge is 0.230 e. The first kappa shape index (κ1) is 14.3. The van der Waals surface area contributed by atoms with E-state index in [9.17, 15) is 4.79 Å². The van der Waals surface area contributed by atoms with E-state index in [1.54, 1.807) is 24.3 Å². The quantitative estimate of drug-likeness (QED) is 0.690. The van der Waals surface area contributed by atoms with Crippen LogP contribution in [-0.2, 0) is 12.8 Å². The van der Waals surface area contributed by atoms with Crippen molar-refractivity contribution in [3.63, 3.8) is 0 Å². The fourth-order valence-corrected chi connectivity index (χ4v) is 3.59. The highest BCUT2D eigenvalue weighted by atomic mass is 35.5. The van der Waals surface area contributed by atoms with Gasteiger partial charge in [0.25, 0.3) is 0 Å². The number of fused-ring (bicyclic) bond motifs is 3. The standard InChI is InChI=1S/C19H16ClNO2/c20-13-6-3-5-12(10-13)18(22)19-17(21)16-14-7-2-1-4-11(14)8-9-15(16)23-19/h3,5-6,8-10H,1-2,4,7,21H2. The summed E-state index contributed by atoms with van der Waals surface area (Å²) in [6.07, 6.45) is 4.40. The number of furan rings is 1. The number of carbonyl (C=O) groups excluding carboxylic acids is 1. The van der Waals surface area contributed by atoms with Gasteiger partial charge in [-0.15, -0.1) is 0 Å². The van der Waals surface area contributed by atoms with Crippen molar-refractivity contribution in [3.05, 3.63) is 63.9 Å². The number of benzene rings is 2. The maximum Gasteiger partial charge on any atom is 0.230 e. The Hall–Kier alpha value is -2.26. The molecule has 0 radical (unpaired) electrons. The number of anilines is 1. The number of aryl methyl sites for hydroxylation is 2. The molecule has 23 heavy (non-hydrogen) atoms. The van der Waals surface area contributed by atoms with Crippen molar-refractivity contribution >= 4 is 34.0 Å². The molecule has 1 aliphatic rings. The predicted molar refractivity (Wildman–Crippen MR) is 92.2 cm³/mol. The molecule has 0 saturated heterocycles. The summed E-state index contributed by atoms with van der Waals surface area (Å²) in [5.74, 6) is -0.0213. The summed E-state index contributed by atoms with van der Waals surface area (Å²) in [4.78, 5) is 12.7. The van der Waals surface area contributed by atoms with E-state index >= 15 is 0 Å². The molecule has 116 valence electrons. The van der Waals surface area contributed by atoms with Crippen molar-refractivity contribution in [2.75, 3.05) is 5.73 Å². The zero-order valence-corrected chi connectivity index (χ0v) is 13.3. The number of halogens is 1. The van der Waals surface area contributed by atoms with E-state index in [4.69, 9.17) is 21.8 Å². The van der Waals surface area contributed by atoms with Gasteiger partial charge < -0.3 is 10.2 Å². The molecule has 0 fully saturated rings. The summed E-state index contributed by atoms with van der Waals surface area (Å²) in [6, 6.07) is 10.8. The molecule has 0 aliphatic heterocycles. The third-order valence-corrected chi connectivity index (χ3v) is 4.75. The molecule has 3 nitrogen and oxygen atoms in total. The second-order valence-electron chi connectivity index (χ2n) is 5.97. The minimum absolute atomic E-state index is 0.209. The Morgan fingerprint density at radius 2 is 1.96 bits per heavy atom. The highest BCUT2D eigenvalue weighted by molar-refractivity contribution is 6.31. The van der Waals surface area contributed by atoms with E-state index in [2.05, 4.69) is 6.07 Å².